The quantitative estimate of drug-likeness (QED) is 0.109. The minimum atomic E-state index is -0.981. The van der Waals surface area contributed by atoms with E-state index < -0.39 is 12.1 Å². The fraction of sp³-hybridized carbons (Fsp3) is 0.270. The number of ketones is 1. The lowest BCUT2D eigenvalue weighted by atomic mass is 9.82. The number of hydrogen-bond acceptors (Lipinski definition) is 6. The molecule has 7 heteroatoms. The van der Waals surface area contributed by atoms with Gasteiger partial charge in [0.1, 0.15) is 0 Å². The van der Waals surface area contributed by atoms with Crippen LogP contribution in [0.4, 0.5) is 5.69 Å². The van der Waals surface area contributed by atoms with Crippen molar-refractivity contribution in [3.8, 4) is 11.3 Å². The predicted octanol–water partition coefficient (Wildman–Crippen LogP) is 6.65. The SMILES string of the molecule is CC1=CC2CC1C1C(=O)N(c3ccc(-c4cc(C(=O)OC(C)C(=O)c5ccc(C)cc5)c5cc(C)ccc5n4)cc3)C(=O)C21. The molecule has 2 aliphatic carbocycles. The lowest BCUT2D eigenvalue weighted by molar-refractivity contribution is -0.123. The number of aryl methyl sites for hydroxylation is 2. The monoisotopic (exact) mass is 584 g/mol. The number of amides is 2. The summed E-state index contributed by atoms with van der Waals surface area (Å²) in [6, 6.07) is 21.6. The van der Waals surface area contributed by atoms with E-state index in [1.54, 1.807) is 37.3 Å². The van der Waals surface area contributed by atoms with Crippen molar-refractivity contribution in [2.45, 2.75) is 40.2 Å². The van der Waals surface area contributed by atoms with Gasteiger partial charge in [-0.15, -0.1) is 0 Å². The number of aromatic nitrogens is 1. The van der Waals surface area contributed by atoms with Crippen molar-refractivity contribution in [3.63, 3.8) is 0 Å². The second-order valence-electron chi connectivity index (χ2n) is 12.4. The first-order valence-corrected chi connectivity index (χ1v) is 15.0. The van der Waals surface area contributed by atoms with Crippen LogP contribution in [-0.4, -0.2) is 34.7 Å². The van der Waals surface area contributed by atoms with E-state index in [0.29, 0.717) is 39.0 Å². The average molecular weight is 585 g/mol. The standard InChI is InChI=1S/C37H32N2O5/c1-19-5-8-24(9-6-19)34(40)22(4)44-37(43)29-18-31(38-30-14-7-20(2)15-28(29)30)23-10-12-26(13-11-23)39-35(41)32-25-16-21(3)27(17-25)33(32)36(39)42/h5-16,18,22,25,27,32-33H,17H2,1-4H3. The van der Waals surface area contributed by atoms with Crippen LogP contribution in [0.5, 0.6) is 0 Å². The van der Waals surface area contributed by atoms with Gasteiger partial charge in [0.15, 0.2) is 6.10 Å². The third-order valence-corrected chi connectivity index (χ3v) is 9.48. The summed E-state index contributed by atoms with van der Waals surface area (Å²) in [6.07, 6.45) is 2.07. The van der Waals surface area contributed by atoms with E-state index >= 15 is 0 Å². The molecule has 0 N–H and O–H groups in total. The highest BCUT2D eigenvalue weighted by molar-refractivity contribution is 6.23. The van der Waals surface area contributed by atoms with Gasteiger partial charge in [-0.25, -0.2) is 9.78 Å². The normalized spacial score (nSPS) is 22.7. The van der Waals surface area contributed by atoms with Gasteiger partial charge in [-0.1, -0.05) is 65.2 Å². The first-order chi connectivity index (χ1) is 21.1. The highest BCUT2D eigenvalue weighted by Gasteiger charge is 2.60. The maximum atomic E-state index is 13.5. The fourth-order valence-corrected chi connectivity index (χ4v) is 7.20. The van der Waals surface area contributed by atoms with Crippen molar-refractivity contribution < 1.29 is 23.9 Å². The largest absolute Gasteiger partial charge is 0.451 e. The smallest absolute Gasteiger partial charge is 0.339 e. The zero-order valence-corrected chi connectivity index (χ0v) is 25.0. The van der Waals surface area contributed by atoms with Gasteiger partial charge in [-0.05, 0) is 76.3 Å². The number of rotatable bonds is 6. The number of carbonyl (C=O) groups excluding carboxylic acids is 4. The molecular formula is C37H32N2O5. The Kier molecular flexibility index (Phi) is 6.57. The Labute approximate surface area is 255 Å². The number of hydrogen-bond donors (Lipinski definition) is 0. The van der Waals surface area contributed by atoms with Gasteiger partial charge >= 0.3 is 5.97 Å². The highest BCUT2D eigenvalue weighted by Crippen LogP contribution is 2.56. The molecule has 5 unspecified atom stereocenters. The second-order valence-corrected chi connectivity index (χ2v) is 12.4. The number of esters is 1. The molecule has 0 radical (unpaired) electrons. The molecule has 2 bridgehead atoms. The van der Waals surface area contributed by atoms with Crippen molar-refractivity contribution in [2.75, 3.05) is 4.90 Å². The van der Waals surface area contributed by atoms with Crippen LogP contribution < -0.4 is 4.90 Å². The Balaban J connectivity index is 1.17. The number of pyridine rings is 1. The van der Waals surface area contributed by atoms with Crippen molar-refractivity contribution in [2.24, 2.45) is 23.7 Å². The van der Waals surface area contributed by atoms with Crippen LogP contribution in [0.25, 0.3) is 22.2 Å². The van der Waals surface area contributed by atoms with E-state index in [1.165, 1.54) is 10.5 Å². The van der Waals surface area contributed by atoms with Crippen molar-refractivity contribution in [1.29, 1.82) is 0 Å². The maximum Gasteiger partial charge on any atom is 0.339 e. The summed E-state index contributed by atoms with van der Waals surface area (Å²) in [7, 11) is 0. The molecule has 7 nitrogen and oxygen atoms in total. The van der Waals surface area contributed by atoms with Crippen molar-refractivity contribution in [1.82, 2.24) is 4.98 Å². The van der Waals surface area contributed by atoms with Crippen LogP contribution in [0.2, 0.25) is 0 Å². The lowest BCUT2D eigenvalue weighted by Gasteiger charge is -2.19. The summed E-state index contributed by atoms with van der Waals surface area (Å²) in [5.41, 5.74) is 6.38. The third kappa shape index (κ3) is 4.46. The van der Waals surface area contributed by atoms with E-state index in [9.17, 15) is 19.2 Å². The molecule has 220 valence electrons. The maximum absolute atomic E-state index is 13.5. The van der Waals surface area contributed by atoms with E-state index in [0.717, 1.165) is 17.5 Å². The zero-order chi connectivity index (χ0) is 30.9. The van der Waals surface area contributed by atoms with E-state index in [4.69, 9.17) is 9.72 Å². The summed E-state index contributed by atoms with van der Waals surface area (Å²) in [5, 5.41) is 0.628. The van der Waals surface area contributed by atoms with Gasteiger partial charge in [0.25, 0.3) is 0 Å². The number of ether oxygens (including phenoxy) is 1. The summed E-state index contributed by atoms with van der Waals surface area (Å²) >= 11 is 0. The first kappa shape index (κ1) is 27.9. The van der Waals surface area contributed by atoms with Crippen LogP contribution in [0.15, 0.2) is 84.4 Å². The molecule has 7 rings (SSSR count). The zero-order valence-electron chi connectivity index (χ0n) is 25.0. The summed E-state index contributed by atoms with van der Waals surface area (Å²) < 4.78 is 5.70. The van der Waals surface area contributed by atoms with Crippen LogP contribution in [0.1, 0.15) is 52.1 Å². The molecule has 1 saturated heterocycles. The number of carbonyl (C=O) groups is 4. The Morgan fingerprint density at radius 2 is 1.55 bits per heavy atom. The number of imide groups is 1. The van der Waals surface area contributed by atoms with Gasteiger partial charge in [0.05, 0.1) is 34.3 Å². The van der Waals surface area contributed by atoms with Gasteiger partial charge in [0.2, 0.25) is 17.6 Å². The highest BCUT2D eigenvalue weighted by atomic mass is 16.5. The molecule has 2 heterocycles. The van der Waals surface area contributed by atoms with Crippen LogP contribution in [0, 0.1) is 37.5 Å². The van der Waals surface area contributed by atoms with Crippen molar-refractivity contribution in [3.05, 3.63) is 107 Å². The minimum absolute atomic E-state index is 0.119. The topological polar surface area (TPSA) is 93.6 Å². The molecular weight excluding hydrogens is 552 g/mol. The molecule has 5 atom stereocenters. The molecule has 1 aromatic heterocycles. The summed E-state index contributed by atoms with van der Waals surface area (Å²) in [5.74, 6) is -1.38. The Hall–Kier alpha value is -4.91. The van der Waals surface area contributed by atoms with Gasteiger partial charge < -0.3 is 4.74 Å². The predicted molar refractivity (Wildman–Crippen MR) is 167 cm³/mol. The van der Waals surface area contributed by atoms with Crippen LogP contribution in [-0.2, 0) is 14.3 Å². The number of fused-ring (bicyclic) bond motifs is 6. The first-order valence-electron chi connectivity index (χ1n) is 15.0. The van der Waals surface area contributed by atoms with Gasteiger partial charge in [-0.2, -0.15) is 0 Å². The van der Waals surface area contributed by atoms with E-state index in [2.05, 4.69) is 13.0 Å². The minimum Gasteiger partial charge on any atom is -0.451 e. The Bertz CT molecular complexity index is 1910. The van der Waals surface area contributed by atoms with Crippen LogP contribution in [0.3, 0.4) is 0 Å². The molecule has 4 aromatic rings. The molecule has 1 aliphatic heterocycles. The molecule has 3 aromatic carbocycles. The number of anilines is 1. The molecule has 44 heavy (non-hydrogen) atoms. The lowest BCUT2D eigenvalue weighted by Crippen LogP contribution is -2.32. The second kappa shape index (κ2) is 10.4. The molecule has 2 fully saturated rings. The Morgan fingerprint density at radius 1 is 0.864 bits per heavy atom. The third-order valence-electron chi connectivity index (χ3n) is 9.48. The number of Topliss-reactive ketones (excluding diaryl/α,β-unsaturated/α-hetero) is 1. The van der Waals surface area contributed by atoms with Gasteiger partial charge in [-0.3, -0.25) is 19.3 Å². The summed E-state index contributed by atoms with van der Waals surface area (Å²) in [6.45, 7) is 7.51. The molecule has 1 saturated carbocycles. The van der Waals surface area contributed by atoms with Crippen LogP contribution >= 0.6 is 0 Å². The number of nitrogens with zero attached hydrogens (tertiary/aromatic N) is 2. The summed E-state index contributed by atoms with van der Waals surface area (Å²) in [4.78, 5) is 59.5. The number of benzene rings is 3. The molecule has 3 aliphatic rings. The Morgan fingerprint density at radius 3 is 2.27 bits per heavy atom. The number of allylic oxidation sites excluding steroid dienone is 2. The van der Waals surface area contributed by atoms with E-state index in [1.807, 2.05) is 56.3 Å². The molecule has 0 spiro atoms. The molecule has 2 amide bonds. The van der Waals surface area contributed by atoms with E-state index in [-0.39, 0.29) is 41.3 Å². The van der Waals surface area contributed by atoms with Gasteiger partial charge in [0, 0.05) is 16.5 Å². The fourth-order valence-electron chi connectivity index (χ4n) is 7.20. The average Bonchev–Trinajstić information content (AvgIpc) is 3.66. The van der Waals surface area contributed by atoms with Crippen molar-refractivity contribution >= 4 is 40.2 Å².